The maximum Gasteiger partial charge on any atom is 0.408 e. The number of primary amides is 1. The Labute approximate surface area is 210 Å². The fourth-order valence-electron chi connectivity index (χ4n) is 4.73. The zero-order chi connectivity index (χ0) is 25.5. The van der Waals surface area contributed by atoms with Gasteiger partial charge < -0.3 is 15.8 Å². The quantitative estimate of drug-likeness (QED) is 0.383. The third kappa shape index (κ3) is 4.44. The van der Waals surface area contributed by atoms with Gasteiger partial charge in [0.05, 0.1) is 16.9 Å². The van der Waals surface area contributed by atoms with Crippen LogP contribution in [0.2, 0.25) is 0 Å². The second kappa shape index (κ2) is 8.82. The van der Waals surface area contributed by atoms with Gasteiger partial charge in [-0.1, -0.05) is 54.6 Å². The average molecular weight is 483 g/mol. The van der Waals surface area contributed by atoms with E-state index in [1.54, 1.807) is 12.1 Å². The average Bonchev–Trinajstić information content (AvgIpc) is 3.20. The van der Waals surface area contributed by atoms with E-state index in [-0.39, 0.29) is 0 Å². The Hall–Kier alpha value is -4.13. The molecule has 1 aliphatic carbocycles. The minimum atomic E-state index is -0.551. The van der Waals surface area contributed by atoms with E-state index in [4.69, 9.17) is 15.5 Å². The lowest BCUT2D eigenvalue weighted by Crippen LogP contribution is -2.52. The fourth-order valence-corrected chi connectivity index (χ4v) is 4.73. The Morgan fingerprint density at radius 1 is 1.00 bits per heavy atom. The predicted octanol–water partition coefficient (Wildman–Crippen LogP) is 5.67. The number of alkyl carbamates (subject to hydrolysis) is 1. The smallest absolute Gasteiger partial charge is 0.408 e. The van der Waals surface area contributed by atoms with Gasteiger partial charge in [-0.3, -0.25) is 9.20 Å². The molecular formula is C29H30N4O3. The molecule has 3 N–H and O–H groups in total. The summed E-state index contributed by atoms with van der Waals surface area (Å²) in [6.07, 6.45) is 4.21. The highest BCUT2D eigenvalue weighted by Gasteiger charge is 2.41. The lowest BCUT2D eigenvalue weighted by molar-refractivity contribution is 0.0377. The molecule has 2 aromatic carbocycles. The number of aromatic nitrogens is 2. The van der Waals surface area contributed by atoms with Crippen molar-refractivity contribution in [1.82, 2.24) is 14.7 Å². The van der Waals surface area contributed by atoms with E-state index < -0.39 is 23.1 Å². The van der Waals surface area contributed by atoms with E-state index in [1.807, 2.05) is 73.8 Å². The molecule has 7 nitrogen and oxygen atoms in total. The molecule has 0 atom stereocenters. The number of carbonyl (C=O) groups is 2. The zero-order valence-electron chi connectivity index (χ0n) is 20.7. The van der Waals surface area contributed by atoms with Crippen molar-refractivity contribution in [2.24, 2.45) is 5.73 Å². The van der Waals surface area contributed by atoms with Gasteiger partial charge in [0, 0.05) is 22.9 Å². The minimum absolute atomic E-state index is 0.400. The number of rotatable bonds is 5. The molecule has 2 aromatic heterocycles. The summed E-state index contributed by atoms with van der Waals surface area (Å²) in [5.74, 6) is -0.490. The first-order valence-corrected chi connectivity index (χ1v) is 12.1. The number of amides is 2. The number of nitrogens with zero attached hydrogens (tertiary/aromatic N) is 2. The van der Waals surface area contributed by atoms with Gasteiger partial charge in [-0.25, -0.2) is 9.78 Å². The molecule has 184 valence electrons. The van der Waals surface area contributed by atoms with Crippen LogP contribution in [-0.4, -0.2) is 27.0 Å². The molecule has 1 saturated carbocycles. The van der Waals surface area contributed by atoms with Crippen molar-refractivity contribution in [3.8, 4) is 22.5 Å². The second-order valence-electron chi connectivity index (χ2n) is 10.3. The summed E-state index contributed by atoms with van der Waals surface area (Å²) in [7, 11) is 0. The molecular weight excluding hydrogens is 452 g/mol. The summed E-state index contributed by atoms with van der Waals surface area (Å²) in [6.45, 7) is 5.58. The predicted molar refractivity (Wildman–Crippen MR) is 139 cm³/mol. The number of hydrogen-bond donors (Lipinski definition) is 2. The number of benzene rings is 2. The summed E-state index contributed by atoms with van der Waals surface area (Å²) in [5, 5.41) is 3.11. The highest BCUT2D eigenvalue weighted by Crippen LogP contribution is 2.42. The van der Waals surface area contributed by atoms with Crippen LogP contribution in [0.15, 0.2) is 72.9 Å². The standard InChI is InChI=1S/C29H30N4O3/c1-28(2,3)36-27(35)32-29(15-7-16-29)22-12-10-19(11-13-22)24-25(20-8-5-4-6-9-20)33-17-14-21(26(30)34)18-23(33)31-24/h4-6,8-14,17-18H,7,15-16H2,1-3H3,(H2,30,34)(H,32,35). The van der Waals surface area contributed by atoms with Crippen LogP contribution >= 0.6 is 0 Å². The van der Waals surface area contributed by atoms with Gasteiger partial charge in [-0.15, -0.1) is 0 Å². The number of hydrogen-bond acceptors (Lipinski definition) is 4. The Morgan fingerprint density at radius 2 is 1.69 bits per heavy atom. The molecule has 0 spiro atoms. The maximum atomic E-state index is 12.5. The van der Waals surface area contributed by atoms with Crippen LogP contribution in [0.1, 0.15) is 56.0 Å². The lowest BCUT2D eigenvalue weighted by atomic mass is 9.71. The Bertz CT molecular complexity index is 1430. The van der Waals surface area contributed by atoms with E-state index in [2.05, 4.69) is 17.4 Å². The third-order valence-corrected chi connectivity index (χ3v) is 6.62. The van der Waals surface area contributed by atoms with Crippen molar-refractivity contribution in [2.45, 2.75) is 51.2 Å². The zero-order valence-corrected chi connectivity index (χ0v) is 20.7. The van der Waals surface area contributed by atoms with Gasteiger partial charge in [0.2, 0.25) is 5.91 Å². The molecule has 5 rings (SSSR count). The molecule has 0 bridgehead atoms. The summed E-state index contributed by atoms with van der Waals surface area (Å²) in [5.41, 5.74) is 10.3. The molecule has 1 aliphatic rings. The Balaban J connectivity index is 1.53. The van der Waals surface area contributed by atoms with Crippen molar-refractivity contribution < 1.29 is 14.3 Å². The van der Waals surface area contributed by atoms with Crippen molar-refractivity contribution in [2.75, 3.05) is 0 Å². The van der Waals surface area contributed by atoms with Crippen molar-refractivity contribution in [3.05, 3.63) is 84.1 Å². The molecule has 2 amide bonds. The van der Waals surface area contributed by atoms with Gasteiger partial charge in [0.25, 0.3) is 0 Å². The highest BCUT2D eigenvalue weighted by molar-refractivity contribution is 5.94. The molecule has 4 aromatic rings. The molecule has 0 unspecified atom stereocenters. The summed E-state index contributed by atoms with van der Waals surface area (Å²) >= 11 is 0. The molecule has 36 heavy (non-hydrogen) atoms. The summed E-state index contributed by atoms with van der Waals surface area (Å²) in [4.78, 5) is 29.1. The van der Waals surface area contributed by atoms with E-state index in [0.29, 0.717) is 11.2 Å². The first-order chi connectivity index (χ1) is 17.2. The molecule has 7 heteroatoms. The second-order valence-corrected chi connectivity index (χ2v) is 10.3. The number of ether oxygens (including phenoxy) is 1. The van der Waals surface area contributed by atoms with Gasteiger partial charge in [0.15, 0.2) is 0 Å². The highest BCUT2D eigenvalue weighted by atomic mass is 16.6. The number of nitrogens with two attached hydrogens (primary N) is 1. The monoisotopic (exact) mass is 482 g/mol. The largest absolute Gasteiger partial charge is 0.444 e. The van der Waals surface area contributed by atoms with Gasteiger partial charge >= 0.3 is 6.09 Å². The first-order valence-electron chi connectivity index (χ1n) is 12.1. The van der Waals surface area contributed by atoms with Crippen LogP contribution < -0.4 is 11.1 Å². The van der Waals surface area contributed by atoms with E-state index in [0.717, 1.165) is 47.3 Å². The van der Waals surface area contributed by atoms with Crippen molar-refractivity contribution in [1.29, 1.82) is 0 Å². The van der Waals surface area contributed by atoms with E-state index >= 15 is 0 Å². The minimum Gasteiger partial charge on any atom is -0.444 e. The topological polar surface area (TPSA) is 98.7 Å². The van der Waals surface area contributed by atoms with Gasteiger partial charge in [-0.05, 0) is 57.7 Å². The van der Waals surface area contributed by atoms with Crippen molar-refractivity contribution in [3.63, 3.8) is 0 Å². The SMILES string of the molecule is CC(C)(C)OC(=O)NC1(c2ccc(-c3nc4cc(C(N)=O)ccn4c3-c3ccccc3)cc2)CCC1. The maximum absolute atomic E-state index is 12.5. The number of fused-ring (bicyclic) bond motifs is 1. The molecule has 2 heterocycles. The Kier molecular flexibility index (Phi) is 5.79. The summed E-state index contributed by atoms with van der Waals surface area (Å²) in [6, 6.07) is 21.6. The Morgan fingerprint density at radius 3 is 2.28 bits per heavy atom. The van der Waals surface area contributed by atoms with Crippen LogP contribution in [-0.2, 0) is 10.3 Å². The third-order valence-electron chi connectivity index (χ3n) is 6.62. The molecule has 0 saturated heterocycles. The normalized spacial score (nSPS) is 14.8. The van der Waals surface area contributed by atoms with Crippen LogP contribution in [0.25, 0.3) is 28.2 Å². The van der Waals surface area contributed by atoms with Crippen LogP contribution in [0.3, 0.4) is 0 Å². The fraction of sp³-hybridized carbons (Fsp3) is 0.276. The van der Waals surface area contributed by atoms with Crippen LogP contribution in [0.4, 0.5) is 4.79 Å². The number of nitrogens with one attached hydrogen (secondary N) is 1. The number of carbonyl (C=O) groups excluding carboxylic acids is 2. The number of imidazole rings is 1. The van der Waals surface area contributed by atoms with E-state index in [1.165, 1.54) is 0 Å². The van der Waals surface area contributed by atoms with Gasteiger partial charge in [0.1, 0.15) is 11.2 Å². The van der Waals surface area contributed by atoms with Crippen molar-refractivity contribution >= 4 is 17.6 Å². The molecule has 0 aliphatic heterocycles. The van der Waals surface area contributed by atoms with Gasteiger partial charge in [-0.2, -0.15) is 0 Å². The molecule has 1 fully saturated rings. The van der Waals surface area contributed by atoms with Crippen LogP contribution in [0.5, 0.6) is 0 Å². The van der Waals surface area contributed by atoms with E-state index in [9.17, 15) is 9.59 Å². The lowest BCUT2D eigenvalue weighted by Gasteiger charge is -2.43. The first kappa shape index (κ1) is 23.6. The van der Waals surface area contributed by atoms with Crippen LogP contribution in [0, 0.1) is 0 Å². The summed E-state index contributed by atoms with van der Waals surface area (Å²) < 4.78 is 7.49. The number of pyridine rings is 1. The molecule has 0 radical (unpaired) electrons.